The summed E-state index contributed by atoms with van der Waals surface area (Å²) in [4.78, 5) is 45.1. The molecule has 0 amide bonds. The van der Waals surface area contributed by atoms with Gasteiger partial charge in [-0.1, -0.05) is 22.3 Å². The zero-order valence-corrected chi connectivity index (χ0v) is 9.12. The molecule has 0 aromatic heterocycles. The fourth-order valence-electron chi connectivity index (χ4n) is 0. The maximum atomic E-state index is 9.58. The Morgan fingerprint density at radius 1 is 1.00 bits per heavy atom. The SMILES string of the molecule is C.C.C.C=O.O=P(O)(O)O.[2H]CO.[2H]COP(=O)(O)O. The van der Waals surface area contributed by atoms with Crippen LogP contribution in [-0.2, 0) is 18.4 Å². The first-order valence-electron chi connectivity index (χ1n) is 3.86. The summed E-state index contributed by atoms with van der Waals surface area (Å²) in [5.74, 6) is 0. The largest absolute Gasteiger partial charge is 0.469 e. The van der Waals surface area contributed by atoms with E-state index in [9.17, 15) is 4.57 Å². The van der Waals surface area contributed by atoms with Crippen molar-refractivity contribution in [3.63, 3.8) is 0 Å². The number of carbonyl (C=O) groups excluding carboxylic acids is 1. The van der Waals surface area contributed by atoms with E-state index in [1.54, 1.807) is 0 Å². The molecule has 0 aliphatic rings. The highest BCUT2D eigenvalue weighted by atomic mass is 31.2. The van der Waals surface area contributed by atoms with E-state index in [1.165, 1.54) is 0 Å². The summed E-state index contributed by atoms with van der Waals surface area (Å²) < 4.78 is 33.9. The molecule has 0 aromatic carbocycles. The summed E-state index contributed by atoms with van der Waals surface area (Å²) in [5, 5.41) is 7.24. The van der Waals surface area contributed by atoms with Crippen molar-refractivity contribution in [2.75, 3.05) is 14.2 Å². The maximum absolute atomic E-state index is 9.58. The average Bonchev–Trinajstić information content (AvgIpc) is 2.03. The number of rotatable bonds is 1. The van der Waals surface area contributed by atoms with Crippen LogP contribution in [-0.4, -0.2) is 50.5 Å². The third-order valence-corrected chi connectivity index (χ3v) is 0.505. The first-order chi connectivity index (χ1) is 7.47. The lowest BCUT2D eigenvalue weighted by molar-refractivity contribution is -0.0980. The third-order valence-electron chi connectivity index (χ3n) is 0.168. The van der Waals surface area contributed by atoms with E-state index in [0.717, 1.165) is 0 Å². The Hall–Kier alpha value is -0.150. The molecular formula is C6H26O10P2. The second kappa shape index (κ2) is 25.6. The molecular weight excluding hydrogens is 294 g/mol. The highest BCUT2D eigenvalue weighted by molar-refractivity contribution is 7.46. The van der Waals surface area contributed by atoms with Crippen LogP contribution in [0.15, 0.2) is 0 Å². The van der Waals surface area contributed by atoms with Crippen molar-refractivity contribution in [1.29, 1.82) is 0 Å². The lowest BCUT2D eigenvalue weighted by Gasteiger charge is -1.93. The average molecular weight is 322 g/mol. The number of hydrogen-bond donors (Lipinski definition) is 6. The summed E-state index contributed by atoms with van der Waals surface area (Å²) in [5.41, 5.74) is 0. The zero-order chi connectivity index (χ0) is 15.1. The Kier molecular flexibility index (Phi) is 43.7. The van der Waals surface area contributed by atoms with E-state index in [2.05, 4.69) is 4.52 Å². The molecule has 0 aromatic rings. The van der Waals surface area contributed by atoms with Gasteiger partial charge in [-0.05, 0) is 0 Å². The van der Waals surface area contributed by atoms with Crippen LogP contribution in [0.2, 0.25) is 0 Å². The molecule has 18 heavy (non-hydrogen) atoms. The van der Waals surface area contributed by atoms with Crippen molar-refractivity contribution in [2.45, 2.75) is 22.3 Å². The number of phosphoric acid groups is 2. The summed E-state index contributed by atoms with van der Waals surface area (Å²) in [7, 11) is -10.2. The Balaban J connectivity index is -0.0000000234. The van der Waals surface area contributed by atoms with Gasteiger partial charge in [0.25, 0.3) is 0 Å². The summed E-state index contributed by atoms with van der Waals surface area (Å²) in [6.07, 6.45) is 0. The molecule has 0 atom stereocenters. The lowest BCUT2D eigenvalue weighted by atomic mass is 11.8. The van der Waals surface area contributed by atoms with Crippen LogP contribution in [0.5, 0.6) is 0 Å². The third kappa shape index (κ3) is 430. The van der Waals surface area contributed by atoms with Crippen LogP contribution in [0.25, 0.3) is 0 Å². The smallest absolute Gasteiger partial charge is 0.400 e. The Morgan fingerprint density at radius 2 is 1.17 bits per heavy atom. The van der Waals surface area contributed by atoms with Crippen molar-refractivity contribution in [1.82, 2.24) is 0 Å². The fraction of sp³-hybridized carbons (Fsp3) is 0.833. The van der Waals surface area contributed by atoms with Crippen LogP contribution in [0, 0.1) is 0 Å². The molecule has 120 valence electrons. The lowest BCUT2D eigenvalue weighted by Crippen LogP contribution is -1.76. The van der Waals surface area contributed by atoms with Gasteiger partial charge in [0.2, 0.25) is 0 Å². The molecule has 0 unspecified atom stereocenters. The van der Waals surface area contributed by atoms with E-state index in [4.69, 9.17) is 41.7 Å². The van der Waals surface area contributed by atoms with Crippen molar-refractivity contribution in [2.24, 2.45) is 0 Å². The highest BCUT2D eigenvalue weighted by Gasteiger charge is 2.07. The Bertz CT molecular complexity index is 222. The number of carbonyl (C=O) groups is 1. The van der Waals surface area contributed by atoms with Gasteiger partial charge in [-0.25, -0.2) is 9.13 Å². The van der Waals surface area contributed by atoms with Gasteiger partial charge < -0.3 is 34.4 Å². The van der Waals surface area contributed by atoms with Crippen LogP contribution in [0.3, 0.4) is 0 Å². The Morgan fingerprint density at radius 3 is 1.17 bits per heavy atom. The van der Waals surface area contributed by atoms with Gasteiger partial charge in [-0.15, -0.1) is 0 Å². The minimum Gasteiger partial charge on any atom is -0.400 e. The van der Waals surface area contributed by atoms with Gasteiger partial charge in [-0.3, -0.25) is 4.52 Å². The molecule has 0 fully saturated rings. The fourth-order valence-corrected chi connectivity index (χ4v) is 0. The van der Waals surface area contributed by atoms with Gasteiger partial charge in [0.05, 0.1) is 2.74 Å². The van der Waals surface area contributed by atoms with Crippen LogP contribution < -0.4 is 0 Å². The molecule has 10 nitrogen and oxygen atoms in total. The first kappa shape index (κ1) is 30.7. The standard InChI is InChI=1S/CH5O4P.CH4O.CH2O.3CH4.H3O4P/c1-5-6(2,3)4;2*1-2;;;;1-5(2,3)4/h1H3,(H2,2,3,4);2H,1H3;1H2;3*1H4;(H3,1,2,3,4)/i2*1D;;;;;. The van der Waals surface area contributed by atoms with Gasteiger partial charge >= 0.3 is 15.6 Å². The molecule has 0 rings (SSSR count). The predicted octanol–water partition coefficient (Wildman–Crippen LogP) is 0.129. The molecule has 0 aliphatic heterocycles. The Labute approximate surface area is 111 Å². The maximum Gasteiger partial charge on any atom is 0.469 e. The molecule has 12 heteroatoms. The summed E-state index contributed by atoms with van der Waals surface area (Å²) in [6.45, 7) is 2.00. The molecule has 0 heterocycles. The quantitative estimate of drug-likeness (QED) is 0.363. The topological polar surface area (TPSA) is 182 Å². The van der Waals surface area contributed by atoms with Gasteiger partial charge in [0.1, 0.15) is 6.79 Å². The molecule has 0 spiro atoms. The molecule has 0 bridgehead atoms. The van der Waals surface area contributed by atoms with E-state index < -0.39 is 29.8 Å². The van der Waals surface area contributed by atoms with E-state index >= 15 is 0 Å². The second-order valence-corrected chi connectivity index (χ2v) is 3.40. The molecule has 0 aliphatic carbocycles. The summed E-state index contributed by atoms with van der Waals surface area (Å²) >= 11 is 0. The minimum atomic E-state index is -4.64. The van der Waals surface area contributed by atoms with Gasteiger partial charge in [-0.2, -0.15) is 0 Å². The number of aliphatic hydroxyl groups is 1. The normalized spacial score (nSPS) is 9.22. The minimum absolute atomic E-state index is 0. The van der Waals surface area contributed by atoms with Gasteiger partial charge in [0.15, 0.2) is 0 Å². The van der Waals surface area contributed by atoms with E-state index in [-0.39, 0.29) is 22.3 Å². The first-order valence-corrected chi connectivity index (χ1v) is 5.54. The second-order valence-electron chi connectivity index (χ2n) is 1.13. The monoisotopic (exact) mass is 322 g/mol. The van der Waals surface area contributed by atoms with Crippen LogP contribution in [0.1, 0.15) is 25.0 Å². The van der Waals surface area contributed by atoms with Gasteiger partial charge in [0, 0.05) is 14.2 Å². The molecule has 6 N–H and O–H groups in total. The highest BCUT2D eigenvalue weighted by Crippen LogP contribution is 2.33. The van der Waals surface area contributed by atoms with Crippen molar-refractivity contribution in [3.8, 4) is 0 Å². The van der Waals surface area contributed by atoms with Crippen molar-refractivity contribution < 1.29 is 50.8 Å². The van der Waals surface area contributed by atoms with E-state index in [1.807, 2.05) is 6.79 Å². The molecule has 0 radical (unpaired) electrons. The van der Waals surface area contributed by atoms with Crippen molar-refractivity contribution in [3.05, 3.63) is 0 Å². The van der Waals surface area contributed by atoms with Crippen molar-refractivity contribution >= 4 is 22.4 Å². The molecule has 0 saturated carbocycles. The number of aliphatic hydroxyl groups excluding tert-OH is 1. The predicted molar refractivity (Wildman–Crippen MR) is 68.8 cm³/mol. The van der Waals surface area contributed by atoms with E-state index in [0.29, 0.717) is 0 Å². The number of phosphoric ester groups is 1. The summed E-state index contributed by atoms with van der Waals surface area (Å²) in [6, 6.07) is 0. The van der Waals surface area contributed by atoms with Crippen LogP contribution >= 0.6 is 15.6 Å². The zero-order valence-electron chi connectivity index (χ0n) is 9.33. The molecule has 0 saturated heterocycles. The number of hydrogen-bond acceptors (Lipinski definition) is 5. The van der Waals surface area contributed by atoms with Crippen LogP contribution in [0.4, 0.5) is 0 Å².